The van der Waals surface area contributed by atoms with E-state index in [1.807, 2.05) is 32.0 Å². The molecule has 4 atom stereocenters. The van der Waals surface area contributed by atoms with E-state index in [1.54, 1.807) is 39.8 Å². The first kappa shape index (κ1) is 42.6. The van der Waals surface area contributed by atoms with Gasteiger partial charge in [-0.05, 0) is 87.5 Å². The molecule has 0 radical (unpaired) electrons. The number of hydrogen-bond acceptors (Lipinski definition) is 10. The molecule has 18 heteroatoms. The average Bonchev–Trinajstić information content (AvgIpc) is 3.75. The molecule has 0 unspecified atom stereocenters. The van der Waals surface area contributed by atoms with Crippen LogP contribution < -0.4 is 4.90 Å². The van der Waals surface area contributed by atoms with Gasteiger partial charge in [-0.1, -0.05) is 83.5 Å². The lowest BCUT2D eigenvalue weighted by atomic mass is 9.91. The molecule has 2 fully saturated rings. The van der Waals surface area contributed by atoms with Gasteiger partial charge >= 0.3 is 0 Å². The van der Waals surface area contributed by atoms with Crippen LogP contribution in [0.15, 0.2) is 48.8 Å². The summed E-state index contributed by atoms with van der Waals surface area (Å²) >= 11 is 30.6. The Labute approximate surface area is 361 Å². The number of hydrogen-bond donors (Lipinski definition) is 0. The molecular formula is C39H38Cl6N12. The van der Waals surface area contributed by atoms with E-state index in [1.165, 1.54) is 38.5 Å². The molecule has 6 heterocycles. The Balaban J connectivity index is 0.000000207. The highest BCUT2D eigenvalue weighted by Crippen LogP contribution is 2.33. The van der Waals surface area contributed by atoms with E-state index in [9.17, 15) is 10.5 Å². The van der Waals surface area contributed by atoms with Gasteiger partial charge in [-0.15, -0.1) is 12.4 Å². The number of likely N-dealkylation sites (tertiary alicyclic amines) is 1. The summed E-state index contributed by atoms with van der Waals surface area (Å²) in [5, 5.41) is 30.1. The van der Waals surface area contributed by atoms with Crippen molar-refractivity contribution in [2.24, 2.45) is 5.92 Å². The monoisotopic (exact) mass is 884 g/mol. The smallest absolute Gasteiger partial charge is 0.190 e. The van der Waals surface area contributed by atoms with E-state index in [4.69, 9.17) is 63.0 Å². The quantitative estimate of drug-likeness (QED) is 0.159. The van der Waals surface area contributed by atoms with E-state index in [0.717, 1.165) is 36.5 Å². The third-order valence-electron chi connectivity index (χ3n) is 10.6. The van der Waals surface area contributed by atoms with E-state index in [-0.39, 0.29) is 41.0 Å². The van der Waals surface area contributed by atoms with Crippen molar-refractivity contribution in [2.75, 3.05) is 31.1 Å². The molecule has 2 aliphatic heterocycles. The van der Waals surface area contributed by atoms with Crippen LogP contribution in [0, 0.1) is 28.6 Å². The van der Waals surface area contributed by atoms with Crippen LogP contribution in [-0.2, 0) is 0 Å². The lowest BCUT2D eigenvalue weighted by Gasteiger charge is -2.44. The van der Waals surface area contributed by atoms with Crippen LogP contribution in [0.2, 0.25) is 25.2 Å². The zero-order valence-corrected chi connectivity index (χ0v) is 35.8. The fourth-order valence-electron chi connectivity index (χ4n) is 7.71. The SMILES string of the molecule is C[C@@H]1CN(c2cnc3c(C#N)nn([C@H](C)c4ccc(Cl)cc4Cl)c3n2)CC[C@@H]1N1CCCCC1.C[C@H](c1ccc(Cl)cc1Cl)n1nc(C#N)c2ncc(Cl)nc21.Cl. The number of nitriles is 2. The van der Waals surface area contributed by atoms with Crippen molar-refractivity contribution in [3.05, 3.63) is 96.6 Å². The normalized spacial score (nSPS) is 18.2. The summed E-state index contributed by atoms with van der Waals surface area (Å²) in [7, 11) is 0. The van der Waals surface area contributed by atoms with Crippen LogP contribution in [0.3, 0.4) is 0 Å². The Hall–Kier alpha value is -3.98. The number of rotatable bonds is 6. The Kier molecular flexibility index (Phi) is 13.7. The lowest BCUT2D eigenvalue weighted by molar-refractivity contribution is 0.106. The number of anilines is 1. The second-order valence-corrected chi connectivity index (χ2v) is 16.2. The second-order valence-electron chi connectivity index (χ2n) is 14.1. The van der Waals surface area contributed by atoms with Crippen LogP contribution in [0.5, 0.6) is 0 Å². The van der Waals surface area contributed by atoms with Crippen molar-refractivity contribution in [1.82, 2.24) is 44.4 Å². The lowest BCUT2D eigenvalue weighted by Crippen LogP contribution is -2.51. The summed E-state index contributed by atoms with van der Waals surface area (Å²) in [6.07, 6.45) is 8.28. The highest BCUT2D eigenvalue weighted by atomic mass is 35.5. The van der Waals surface area contributed by atoms with Gasteiger partial charge in [0, 0.05) is 39.2 Å². The van der Waals surface area contributed by atoms with Crippen LogP contribution in [0.25, 0.3) is 22.3 Å². The number of aromatic nitrogens is 8. The molecule has 12 nitrogen and oxygen atoms in total. The van der Waals surface area contributed by atoms with Gasteiger partial charge in [-0.2, -0.15) is 20.7 Å². The molecule has 2 aromatic carbocycles. The number of halogens is 6. The van der Waals surface area contributed by atoms with Gasteiger partial charge < -0.3 is 4.90 Å². The zero-order chi connectivity index (χ0) is 39.7. The maximum atomic E-state index is 9.65. The number of piperidine rings is 2. The average molecular weight is 888 g/mol. The maximum absolute atomic E-state index is 9.65. The van der Waals surface area contributed by atoms with Crippen LogP contribution in [0.4, 0.5) is 5.82 Å². The molecular weight excluding hydrogens is 849 g/mol. The Morgan fingerprint density at radius 2 is 1.25 bits per heavy atom. The third-order valence-corrected chi connectivity index (χ3v) is 11.9. The van der Waals surface area contributed by atoms with Crippen molar-refractivity contribution in [3.63, 3.8) is 0 Å². The first-order valence-electron chi connectivity index (χ1n) is 18.3. The molecule has 2 saturated heterocycles. The Bertz CT molecular complexity index is 2480. The van der Waals surface area contributed by atoms with E-state index < -0.39 is 0 Å². The third kappa shape index (κ3) is 8.89. The van der Waals surface area contributed by atoms with Crippen molar-refractivity contribution in [3.8, 4) is 12.1 Å². The molecule has 6 aromatic rings. The minimum absolute atomic E-state index is 0. The predicted molar refractivity (Wildman–Crippen MR) is 228 cm³/mol. The largest absolute Gasteiger partial charge is 0.355 e. The molecule has 0 N–H and O–H groups in total. The minimum atomic E-state index is -0.262. The molecule has 2 aliphatic rings. The number of nitrogens with zero attached hydrogens (tertiary/aromatic N) is 12. The second kappa shape index (κ2) is 18.3. The molecule has 0 amide bonds. The zero-order valence-electron chi connectivity index (χ0n) is 31.2. The highest BCUT2D eigenvalue weighted by molar-refractivity contribution is 6.35. The van der Waals surface area contributed by atoms with Crippen molar-refractivity contribution < 1.29 is 0 Å². The van der Waals surface area contributed by atoms with Crippen molar-refractivity contribution in [2.45, 2.75) is 64.6 Å². The Morgan fingerprint density at radius 3 is 1.75 bits per heavy atom. The maximum Gasteiger partial charge on any atom is 0.190 e. The number of benzene rings is 2. The summed E-state index contributed by atoms with van der Waals surface area (Å²) in [6.45, 7) is 10.6. The summed E-state index contributed by atoms with van der Waals surface area (Å²) in [5.41, 5.74) is 4.08. The first-order chi connectivity index (χ1) is 27.0. The minimum Gasteiger partial charge on any atom is -0.355 e. The van der Waals surface area contributed by atoms with Crippen LogP contribution in [-0.4, -0.2) is 76.6 Å². The van der Waals surface area contributed by atoms with Gasteiger partial charge in [0.2, 0.25) is 0 Å². The molecule has 0 bridgehead atoms. The van der Waals surface area contributed by atoms with Gasteiger partial charge in [-0.3, -0.25) is 4.90 Å². The standard InChI is InChI=1S/C25H29Cl2N7.C14H8Cl3N5.ClH/c1-16-15-33(11-8-22(16)32-9-4-3-5-10-32)23-14-29-24-21(13-28)31-34(25(24)30-23)17(2)19-7-6-18(26)12-20(19)27;1-7(9-3-2-8(15)4-10(9)16)22-14-13(11(5-18)21-22)19-6-12(17)20-14;/h6-7,12,14,16-17,22H,3-5,8-11,15H2,1-2H3;2-4,6-7H,1H3;1H/t16-,17-,22+;7-;/m11./s1. The molecule has 296 valence electrons. The Morgan fingerprint density at radius 1 is 0.719 bits per heavy atom. The van der Waals surface area contributed by atoms with Gasteiger partial charge in [-0.25, -0.2) is 29.3 Å². The van der Waals surface area contributed by atoms with Crippen molar-refractivity contribution >= 4 is 98.6 Å². The summed E-state index contributed by atoms with van der Waals surface area (Å²) in [5.74, 6) is 1.38. The summed E-state index contributed by atoms with van der Waals surface area (Å²) < 4.78 is 3.34. The van der Waals surface area contributed by atoms with E-state index >= 15 is 0 Å². The highest BCUT2D eigenvalue weighted by Gasteiger charge is 2.32. The fourth-order valence-corrected chi connectivity index (χ4v) is 8.97. The first-order valence-corrected chi connectivity index (χ1v) is 20.2. The van der Waals surface area contributed by atoms with Crippen molar-refractivity contribution in [1.29, 1.82) is 10.5 Å². The molecule has 0 spiro atoms. The van der Waals surface area contributed by atoms with Crippen LogP contribution in [0.1, 0.15) is 81.1 Å². The molecule has 8 rings (SSSR count). The molecule has 0 aliphatic carbocycles. The molecule has 0 saturated carbocycles. The van der Waals surface area contributed by atoms with Gasteiger partial charge in [0.05, 0.1) is 24.5 Å². The molecule has 57 heavy (non-hydrogen) atoms. The summed E-state index contributed by atoms with van der Waals surface area (Å²) in [4.78, 5) is 22.9. The predicted octanol–water partition coefficient (Wildman–Crippen LogP) is 10.0. The topological polar surface area (TPSA) is 141 Å². The van der Waals surface area contributed by atoms with Crippen LogP contribution >= 0.6 is 70.4 Å². The van der Waals surface area contributed by atoms with E-state index in [0.29, 0.717) is 54.4 Å². The van der Waals surface area contributed by atoms with Gasteiger partial charge in [0.1, 0.15) is 34.1 Å². The fraction of sp³-hybridized carbons (Fsp3) is 0.385. The van der Waals surface area contributed by atoms with E-state index in [2.05, 4.69) is 47.9 Å². The van der Waals surface area contributed by atoms with Gasteiger partial charge in [0.25, 0.3) is 0 Å². The molecule has 4 aromatic heterocycles. The summed E-state index contributed by atoms with van der Waals surface area (Å²) in [6, 6.07) is 14.9. The van der Waals surface area contributed by atoms with Gasteiger partial charge in [0.15, 0.2) is 22.7 Å². The number of fused-ring (bicyclic) bond motifs is 2.